The number of aliphatic hydroxyl groups excluding tert-OH is 1. The molecule has 2 aromatic rings. The monoisotopic (exact) mass is 176 g/mol. The number of aliphatic hydroxyl groups is 1. The lowest BCUT2D eigenvalue weighted by Gasteiger charge is -1.98. The summed E-state index contributed by atoms with van der Waals surface area (Å²) in [5.74, 6) is 0.910. The van der Waals surface area contributed by atoms with Crippen molar-refractivity contribution in [3.63, 3.8) is 0 Å². The molecule has 0 radical (unpaired) electrons. The zero-order chi connectivity index (χ0) is 9.42. The van der Waals surface area contributed by atoms with Gasteiger partial charge in [0.25, 0.3) is 0 Å². The molecule has 0 spiro atoms. The zero-order valence-corrected chi connectivity index (χ0v) is 7.79. The molecule has 0 saturated heterocycles. The molecule has 0 aliphatic carbocycles. The van der Waals surface area contributed by atoms with Gasteiger partial charge >= 0.3 is 0 Å². The first-order valence-electron chi connectivity index (χ1n) is 4.31. The average molecular weight is 176 g/mol. The molecular weight excluding hydrogens is 164 g/mol. The van der Waals surface area contributed by atoms with Crippen LogP contribution in [0.5, 0.6) is 0 Å². The number of benzene rings is 1. The Kier molecular flexibility index (Phi) is 1.85. The van der Waals surface area contributed by atoms with E-state index in [-0.39, 0.29) is 6.61 Å². The van der Waals surface area contributed by atoms with Gasteiger partial charge in [-0.1, -0.05) is 6.07 Å². The van der Waals surface area contributed by atoms with Crippen LogP contribution in [-0.4, -0.2) is 5.11 Å². The van der Waals surface area contributed by atoms with Gasteiger partial charge < -0.3 is 9.52 Å². The van der Waals surface area contributed by atoms with E-state index in [0.717, 1.165) is 27.9 Å². The molecule has 13 heavy (non-hydrogen) atoms. The fourth-order valence-electron chi connectivity index (χ4n) is 1.63. The van der Waals surface area contributed by atoms with Crippen molar-refractivity contribution in [2.45, 2.75) is 20.5 Å². The molecule has 2 rings (SSSR count). The molecule has 0 aliphatic heterocycles. The maximum atomic E-state index is 9.00. The standard InChI is InChI=1S/C11H12O2/c1-7-3-9(6-12)5-10-4-8(2)13-11(7)10/h3-5,12H,6H2,1-2H3. The van der Waals surface area contributed by atoms with Crippen LogP contribution in [0.15, 0.2) is 22.6 Å². The van der Waals surface area contributed by atoms with E-state index in [1.807, 2.05) is 32.0 Å². The molecule has 0 unspecified atom stereocenters. The summed E-state index contributed by atoms with van der Waals surface area (Å²) in [6, 6.07) is 5.89. The molecular formula is C11H12O2. The Labute approximate surface area is 76.8 Å². The number of hydrogen-bond acceptors (Lipinski definition) is 2. The lowest BCUT2D eigenvalue weighted by Crippen LogP contribution is -1.84. The molecule has 1 aromatic heterocycles. The third kappa shape index (κ3) is 1.33. The highest BCUT2D eigenvalue weighted by Crippen LogP contribution is 2.24. The summed E-state index contributed by atoms with van der Waals surface area (Å²) in [4.78, 5) is 0. The van der Waals surface area contributed by atoms with Crippen LogP contribution in [0.1, 0.15) is 16.9 Å². The van der Waals surface area contributed by atoms with Crippen LogP contribution in [-0.2, 0) is 6.61 Å². The molecule has 0 fully saturated rings. The molecule has 1 N–H and O–H groups in total. The minimum absolute atomic E-state index is 0.0843. The van der Waals surface area contributed by atoms with Crippen LogP contribution < -0.4 is 0 Å². The van der Waals surface area contributed by atoms with Crippen molar-refractivity contribution in [2.75, 3.05) is 0 Å². The van der Waals surface area contributed by atoms with Gasteiger partial charge in [0.05, 0.1) is 6.61 Å². The summed E-state index contributed by atoms with van der Waals surface area (Å²) >= 11 is 0. The van der Waals surface area contributed by atoms with E-state index in [4.69, 9.17) is 9.52 Å². The van der Waals surface area contributed by atoms with Crippen molar-refractivity contribution in [3.05, 3.63) is 35.1 Å². The van der Waals surface area contributed by atoms with Crippen LogP contribution in [0.4, 0.5) is 0 Å². The quantitative estimate of drug-likeness (QED) is 0.724. The first-order valence-corrected chi connectivity index (χ1v) is 4.31. The summed E-state index contributed by atoms with van der Waals surface area (Å²) in [6.45, 7) is 4.00. The highest BCUT2D eigenvalue weighted by molar-refractivity contribution is 5.81. The number of hydrogen-bond donors (Lipinski definition) is 1. The smallest absolute Gasteiger partial charge is 0.137 e. The molecule has 1 aromatic carbocycles. The van der Waals surface area contributed by atoms with E-state index in [2.05, 4.69) is 0 Å². The van der Waals surface area contributed by atoms with Crippen molar-refractivity contribution >= 4 is 11.0 Å². The largest absolute Gasteiger partial charge is 0.461 e. The normalized spacial score (nSPS) is 11.0. The topological polar surface area (TPSA) is 33.4 Å². The molecule has 68 valence electrons. The minimum Gasteiger partial charge on any atom is -0.461 e. The summed E-state index contributed by atoms with van der Waals surface area (Å²) in [5.41, 5.74) is 2.94. The Morgan fingerprint density at radius 3 is 2.69 bits per heavy atom. The molecule has 2 heteroatoms. The first-order chi connectivity index (χ1) is 6.20. The molecule has 0 amide bonds. The van der Waals surface area contributed by atoms with Crippen LogP contribution in [0.25, 0.3) is 11.0 Å². The molecule has 0 bridgehead atoms. The van der Waals surface area contributed by atoms with Crippen molar-refractivity contribution in [1.82, 2.24) is 0 Å². The van der Waals surface area contributed by atoms with E-state index in [1.165, 1.54) is 0 Å². The second-order valence-electron chi connectivity index (χ2n) is 3.35. The maximum Gasteiger partial charge on any atom is 0.137 e. The minimum atomic E-state index is 0.0843. The van der Waals surface area contributed by atoms with E-state index in [0.29, 0.717) is 0 Å². The van der Waals surface area contributed by atoms with Gasteiger partial charge in [-0.3, -0.25) is 0 Å². The highest BCUT2D eigenvalue weighted by atomic mass is 16.3. The highest BCUT2D eigenvalue weighted by Gasteiger charge is 2.04. The SMILES string of the molecule is Cc1cc2cc(CO)cc(C)c2o1. The predicted octanol–water partition coefficient (Wildman–Crippen LogP) is 2.54. The Morgan fingerprint density at radius 2 is 2.00 bits per heavy atom. The molecule has 0 aliphatic rings. The van der Waals surface area contributed by atoms with Crippen molar-refractivity contribution in [3.8, 4) is 0 Å². The van der Waals surface area contributed by atoms with Gasteiger partial charge in [-0.25, -0.2) is 0 Å². The molecule has 0 saturated carbocycles. The molecule has 2 nitrogen and oxygen atoms in total. The fraction of sp³-hybridized carbons (Fsp3) is 0.273. The Balaban J connectivity index is 2.75. The predicted molar refractivity (Wildman–Crippen MR) is 51.6 cm³/mol. The summed E-state index contributed by atoms with van der Waals surface area (Å²) in [6.07, 6.45) is 0. The lowest BCUT2D eigenvalue weighted by atomic mass is 10.1. The van der Waals surface area contributed by atoms with Gasteiger partial charge in [0.1, 0.15) is 11.3 Å². The van der Waals surface area contributed by atoms with Gasteiger partial charge in [-0.2, -0.15) is 0 Å². The van der Waals surface area contributed by atoms with Gasteiger partial charge in [0, 0.05) is 5.39 Å². The van der Waals surface area contributed by atoms with Crippen LogP contribution in [0, 0.1) is 13.8 Å². The van der Waals surface area contributed by atoms with Gasteiger partial charge in [0.15, 0.2) is 0 Å². The number of rotatable bonds is 1. The Hall–Kier alpha value is -1.28. The van der Waals surface area contributed by atoms with Crippen LogP contribution >= 0.6 is 0 Å². The molecule has 0 atom stereocenters. The van der Waals surface area contributed by atoms with Gasteiger partial charge in [-0.15, -0.1) is 0 Å². The third-order valence-electron chi connectivity index (χ3n) is 2.17. The second-order valence-corrected chi connectivity index (χ2v) is 3.35. The third-order valence-corrected chi connectivity index (χ3v) is 2.17. The number of aryl methyl sites for hydroxylation is 2. The zero-order valence-electron chi connectivity index (χ0n) is 7.79. The maximum absolute atomic E-state index is 9.00. The van der Waals surface area contributed by atoms with Crippen molar-refractivity contribution < 1.29 is 9.52 Å². The van der Waals surface area contributed by atoms with E-state index in [9.17, 15) is 0 Å². The summed E-state index contributed by atoms with van der Waals surface area (Å²) in [7, 11) is 0. The molecule has 1 heterocycles. The number of furan rings is 1. The van der Waals surface area contributed by atoms with E-state index in [1.54, 1.807) is 0 Å². The van der Waals surface area contributed by atoms with E-state index >= 15 is 0 Å². The fourth-order valence-corrected chi connectivity index (χ4v) is 1.63. The van der Waals surface area contributed by atoms with Crippen LogP contribution in [0.2, 0.25) is 0 Å². The Morgan fingerprint density at radius 1 is 1.23 bits per heavy atom. The van der Waals surface area contributed by atoms with Gasteiger partial charge in [-0.05, 0) is 37.1 Å². The first kappa shape index (κ1) is 8.32. The summed E-state index contributed by atoms with van der Waals surface area (Å²) < 4.78 is 5.52. The lowest BCUT2D eigenvalue weighted by molar-refractivity contribution is 0.282. The second kappa shape index (κ2) is 2.89. The van der Waals surface area contributed by atoms with E-state index < -0.39 is 0 Å². The average Bonchev–Trinajstić information content (AvgIpc) is 2.46. The Bertz CT molecular complexity index is 441. The number of fused-ring (bicyclic) bond motifs is 1. The van der Waals surface area contributed by atoms with Gasteiger partial charge in [0.2, 0.25) is 0 Å². The van der Waals surface area contributed by atoms with Crippen LogP contribution in [0.3, 0.4) is 0 Å². The summed E-state index contributed by atoms with van der Waals surface area (Å²) in [5, 5.41) is 10.1. The van der Waals surface area contributed by atoms with Crippen molar-refractivity contribution in [1.29, 1.82) is 0 Å². The van der Waals surface area contributed by atoms with Crippen molar-refractivity contribution in [2.24, 2.45) is 0 Å².